The molecule has 0 aromatic heterocycles. The van der Waals surface area contributed by atoms with Crippen LogP contribution in [0.1, 0.15) is 42.5 Å². The maximum atomic E-state index is 12.5. The molecule has 2 unspecified atom stereocenters. The molecule has 2 rings (SSSR count). The van der Waals surface area contributed by atoms with Crippen LogP contribution in [0, 0.1) is 20.8 Å². The molecule has 0 radical (unpaired) electrons. The Hall–Kier alpha value is -1.84. The van der Waals surface area contributed by atoms with Gasteiger partial charge in [0.05, 0.1) is 0 Å². The minimum absolute atomic E-state index is 0.00674. The quantitative estimate of drug-likeness (QED) is 0.907. The van der Waals surface area contributed by atoms with Gasteiger partial charge in [0.2, 0.25) is 11.8 Å². The van der Waals surface area contributed by atoms with Crippen LogP contribution in [0.5, 0.6) is 0 Å². The van der Waals surface area contributed by atoms with Gasteiger partial charge in [0.25, 0.3) is 0 Å². The van der Waals surface area contributed by atoms with Gasteiger partial charge in [-0.3, -0.25) is 9.59 Å². The minimum atomic E-state index is -0.450. The highest BCUT2D eigenvalue weighted by Crippen LogP contribution is 2.22. The molecule has 2 amide bonds. The first-order valence-electron chi connectivity index (χ1n) is 7.46. The molecular weight excluding hydrogens is 264 g/mol. The van der Waals surface area contributed by atoms with Crippen LogP contribution in [-0.4, -0.2) is 28.8 Å². The largest absolute Gasteiger partial charge is 0.345 e. The van der Waals surface area contributed by atoms with Gasteiger partial charge in [-0.25, -0.2) is 0 Å². The van der Waals surface area contributed by atoms with E-state index in [-0.39, 0.29) is 17.9 Å². The van der Waals surface area contributed by atoms with Gasteiger partial charge in [0.1, 0.15) is 6.04 Å². The Morgan fingerprint density at radius 1 is 1.14 bits per heavy atom. The van der Waals surface area contributed by atoms with Crippen LogP contribution in [0.2, 0.25) is 0 Å². The van der Waals surface area contributed by atoms with E-state index in [1.165, 1.54) is 22.3 Å². The van der Waals surface area contributed by atoms with Crippen LogP contribution in [0.4, 0.5) is 0 Å². The van der Waals surface area contributed by atoms with Crippen molar-refractivity contribution in [2.75, 3.05) is 0 Å². The lowest BCUT2D eigenvalue weighted by Crippen LogP contribution is -2.44. The first-order chi connectivity index (χ1) is 9.79. The summed E-state index contributed by atoms with van der Waals surface area (Å²) < 4.78 is 0. The summed E-state index contributed by atoms with van der Waals surface area (Å²) in [6, 6.07) is 3.75. The van der Waals surface area contributed by atoms with Crippen LogP contribution in [0.3, 0.4) is 0 Å². The zero-order valence-corrected chi connectivity index (χ0v) is 13.5. The highest BCUT2D eigenvalue weighted by atomic mass is 16.2. The summed E-state index contributed by atoms with van der Waals surface area (Å²) >= 11 is 0. The Balaban J connectivity index is 2.32. The SMILES string of the molecule is Cc1cc(C)c(CN2C(=O)C(C)NC(=O)CC2C)c(C)c1. The van der Waals surface area contributed by atoms with Crippen molar-refractivity contribution in [2.24, 2.45) is 0 Å². The number of carbonyl (C=O) groups excluding carboxylic acids is 2. The summed E-state index contributed by atoms with van der Waals surface area (Å²) in [7, 11) is 0. The van der Waals surface area contributed by atoms with Gasteiger partial charge >= 0.3 is 0 Å². The molecule has 1 fully saturated rings. The number of amides is 2. The summed E-state index contributed by atoms with van der Waals surface area (Å²) in [5, 5.41) is 2.75. The highest BCUT2D eigenvalue weighted by molar-refractivity contribution is 5.90. The number of nitrogens with one attached hydrogen (secondary N) is 1. The Morgan fingerprint density at radius 2 is 1.71 bits per heavy atom. The summed E-state index contributed by atoms with van der Waals surface area (Å²) in [6.07, 6.45) is 0.361. The molecule has 0 saturated carbocycles. The van der Waals surface area contributed by atoms with Crippen LogP contribution >= 0.6 is 0 Å². The van der Waals surface area contributed by atoms with E-state index in [1.807, 2.05) is 11.8 Å². The van der Waals surface area contributed by atoms with Crippen molar-refractivity contribution in [3.63, 3.8) is 0 Å². The first kappa shape index (κ1) is 15.5. The second kappa shape index (κ2) is 5.88. The molecule has 0 bridgehead atoms. The smallest absolute Gasteiger partial charge is 0.245 e. The number of carbonyl (C=O) groups is 2. The predicted octanol–water partition coefficient (Wildman–Crippen LogP) is 2.24. The standard InChI is InChI=1S/C17H24N2O2/c1-10-6-11(2)15(12(3)7-10)9-19-13(4)8-16(20)18-14(5)17(19)21/h6-7,13-14H,8-9H2,1-5H3,(H,18,20). The van der Waals surface area contributed by atoms with Gasteiger partial charge in [-0.1, -0.05) is 17.7 Å². The summed E-state index contributed by atoms with van der Waals surface area (Å²) in [5.74, 6) is -0.0593. The van der Waals surface area contributed by atoms with Gasteiger partial charge in [-0.15, -0.1) is 0 Å². The van der Waals surface area contributed by atoms with E-state index < -0.39 is 6.04 Å². The lowest BCUT2D eigenvalue weighted by Gasteiger charge is -2.29. The second-order valence-corrected chi connectivity index (χ2v) is 6.19. The Morgan fingerprint density at radius 3 is 2.29 bits per heavy atom. The third-order valence-corrected chi connectivity index (χ3v) is 4.21. The average Bonchev–Trinajstić information content (AvgIpc) is 2.43. The Bertz CT molecular complexity index is 557. The summed E-state index contributed by atoms with van der Waals surface area (Å²) in [4.78, 5) is 26.1. The van der Waals surface area contributed by atoms with Crippen molar-refractivity contribution < 1.29 is 9.59 Å². The van der Waals surface area contributed by atoms with E-state index in [9.17, 15) is 9.59 Å². The van der Waals surface area contributed by atoms with Crippen LogP contribution < -0.4 is 5.32 Å². The zero-order chi connectivity index (χ0) is 15.7. The molecule has 1 heterocycles. The van der Waals surface area contributed by atoms with E-state index in [0.29, 0.717) is 13.0 Å². The fourth-order valence-electron chi connectivity index (χ4n) is 3.07. The van der Waals surface area contributed by atoms with E-state index in [1.54, 1.807) is 6.92 Å². The number of rotatable bonds is 2. The van der Waals surface area contributed by atoms with E-state index in [0.717, 1.165) is 0 Å². The van der Waals surface area contributed by atoms with Crippen molar-refractivity contribution in [3.8, 4) is 0 Å². The number of hydrogen-bond acceptors (Lipinski definition) is 2. The molecule has 4 heteroatoms. The topological polar surface area (TPSA) is 49.4 Å². The van der Waals surface area contributed by atoms with Crippen molar-refractivity contribution in [1.82, 2.24) is 10.2 Å². The summed E-state index contributed by atoms with van der Waals surface area (Å²) in [6.45, 7) is 10.5. The molecule has 1 aromatic carbocycles. The monoisotopic (exact) mass is 288 g/mol. The van der Waals surface area contributed by atoms with Gasteiger partial charge < -0.3 is 10.2 Å². The van der Waals surface area contributed by atoms with Gasteiger partial charge in [-0.05, 0) is 51.3 Å². The molecule has 114 valence electrons. The number of benzene rings is 1. The molecule has 0 spiro atoms. The van der Waals surface area contributed by atoms with Crippen molar-refractivity contribution in [3.05, 3.63) is 34.4 Å². The molecule has 2 atom stereocenters. The van der Waals surface area contributed by atoms with Crippen LogP contribution in [-0.2, 0) is 16.1 Å². The number of nitrogens with zero attached hydrogens (tertiary/aromatic N) is 1. The van der Waals surface area contributed by atoms with Gasteiger partial charge in [0, 0.05) is 19.0 Å². The fourth-order valence-corrected chi connectivity index (χ4v) is 3.07. The van der Waals surface area contributed by atoms with E-state index >= 15 is 0 Å². The van der Waals surface area contributed by atoms with Crippen molar-refractivity contribution in [1.29, 1.82) is 0 Å². The van der Waals surface area contributed by atoms with Crippen LogP contribution in [0.15, 0.2) is 12.1 Å². The van der Waals surface area contributed by atoms with Crippen LogP contribution in [0.25, 0.3) is 0 Å². The van der Waals surface area contributed by atoms with Gasteiger partial charge in [0.15, 0.2) is 0 Å². The van der Waals surface area contributed by atoms with Crippen molar-refractivity contribution in [2.45, 2.75) is 59.7 Å². The molecule has 0 aliphatic carbocycles. The minimum Gasteiger partial charge on any atom is -0.345 e. The summed E-state index contributed by atoms with van der Waals surface area (Å²) in [5.41, 5.74) is 4.81. The lowest BCUT2D eigenvalue weighted by molar-refractivity contribution is -0.135. The van der Waals surface area contributed by atoms with E-state index in [2.05, 4.69) is 38.2 Å². The Labute approximate surface area is 126 Å². The second-order valence-electron chi connectivity index (χ2n) is 6.19. The molecule has 1 saturated heterocycles. The maximum absolute atomic E-state index is 12.5. The molecule has 1 N–H and O–H groups in total. The first-order valence-corrected chi connectivity index (χ1v) is 7.46. The molecular formula is C17H24N2O2. The molecule has 1 aliphatic rings. The van der Waals surface area contributed by atoms with E-state index in [4.69, 9.17) is 0 Å². The highest BCUT2D eigenvalue weighted by Gasteiger charge is 2.31. The maximum Gasteiger partial charge on any atom is 0.245 e. The van der Waals surface area contributed by atoms with Crippen molar-refractivity contribution >= 4 is 11.8 Å². The average molecular weight is 288 g/mol. The third kappa shape index (κ3) is 3.26. The molecule has 1 aliphatic heterocycles. The third-order valence-electron chi connectivity index (χ3n) is 4.21. The molecule has 1 aromatic rings. The lowest BCUT2D eigenvalue weighted by atomic mass is 9.98. The zero-order valence-electron chi connectivity index (χ0n) is 13.5. The Kier molecular flexibility index (Phi) is 4.35. The normalized spacial score (nSPS) is 23.0. The molecule has 4 nitrogen and oxygen atoms in total. The fraction of sp³-hybridized carbons (Fsp3) is 0.529. The predicted molar refractivity (Wildman–Crippen MR) is 82.9 cm³/mol. The number of aryl methyl sites for hydroxylation is 3. The number of hydrogen-bond donors (Lipinski definition) is 1. The molecule has 21 heavy (non-hydrogen) atoms. The van der Waals surface area contributed by atoms with Gasteiger partial charge in [-0.2, -0.15) is 0 Å².